The van der Waals surface area contributed by atoms with Crippen LogP contribution >= 0.6 is 0 Å². The van der Waals surface area contributed by atoms with Crippen molar-refractivity contribution in [1.82, 2.24) is 14.9 Å². The second-order valence-electron chi connectivity index (χ2n) is 7.19. The number of nitrogens with zero attached hydrogens (tertiary/aromatic N) is 3. The van der Waals surface area contributed by atoms with Gasteiger partial charge in [-0.3, -0.25) is 4.79 Å². The van der Waals surface area contributed by atoms with Crippen molar-refractivity contribution in [3.05, 3.63) is 52.6 Å². The lowest BCUT2D eigenvalue weighted by atomic mass is 9.99. The smallest absolute Gasteiger partial charge is 0.261 e. The van der Waals surface area contributed by atoms with Crippen LogP contribution in [-0.4, -0.2) is 33.4 Å². The molecule has 2 aliphatic rings. The van der Waals surface area contributed by atoms with E-state index in [2.05, 4.69) is 29.0 Å². The van der Waals surface area contributed by atoms with E-state index >= 15 is 0 Å². The maximum Gasteiger partial charge on any atom is 0.261 e. The summed E-state index contributed by atoms with van der Waals surface area (Å²) in [6.45, 7) is 6.20. The molecule has 1 amide bonds. The number of aromatic nitrogens is 2. The van der Waals surface area contributed by atoms with Crippen LogP contribution < -0.4 is 4.74 Å². The van der Waals surface area contributed by atoms with Gasteiger partial charge in [0.1, 0.15) is 12.1 Å². The van der Waals surface area contributed by atoms with Crippen molar-refractivity contribution in [2.24, 2.45) is 0 Å². The van der Waals surface area contributed by atoms with Crippen LogP contribution in [0.5, 0.6) is 5.75 Å². The first-order valence-corrected chi connectivity index (χ1v) is 8.85. The van der Waals surface area contributed by atoms with Gasteiger partial charge in [-0.2, -0.15) is 0 Å². The van der Waals surface area contributed by atoms with Crippen molar-refractivity contribution in [3.63, 3.8) is 0 Å². The molecule has 2 aliphatic heterocycles. The Morgan fingerprint density at radius 2 is 2.00 bits per heavy atom. The molecule has 5 heteroatoms. The van der Waals surface area contributed by atoms with E-state index in [1.54, 1.807) is 6.33 Å². The summed E-state index contributed by atoms with van der Waals surface area (Å²) in [5, 5.41) is 0. The van der Waals surface area contributed by atoms with E-state index in [9.17, 15) is 4.79 Å². The summed E-state index contributed by atoms with van der Waals surface area (Å²) in [5.41, 5.74) is 5.56. The van der Waals surface area contributed by atoms with Crippen LogP contribution in [0.4, 0.5) is 0 Å². The summed E-state index contributed by atoms with van der Waals surface area (Å²) in [7, 11) is 0. The molecule has 1 saturated heterocycles. The lowest BCUT2D eigenvalue weighted by Gasteiger charge is -2.35. The minimum atomic E-state index is 0.0568. The molecule has 25 heavy (non-hydrogen) atoms. The standard InChI is InChI=1S/C20H23N3O2/c1-12-6-13(2)20(14(3)7-12)25-10-19(24)23-15-4-5-18(23)16-9-21-11-22-17(16)8-15/h6-7,9,11,15,18H,4-5,8,10H2,1-3H3. The number of carbonyl (C=O) groups excluding carboxylic acids is 1. The first-order valence-electron chi connectivity index (χ1n) is 8.85. The topological polar surface area (TPSA) is 55.3 Å². The number of hydrogen-bond donors (Lipinski definition) is 0. The number of ether oxygens (including phenoxy) is 1. The molecule has 4 rings (SSSR count). The van der Waals surface area contributed by atoms with Gasteiger partial charge in [-0.25, -0.2) is 9.97 Å². The molecule has 0 saturated carbocycles. The summed E-state index contributed by atoms with van der Waals surface area (Å²) >= 11 is 0. The molecule has 0 N–H and O–H groups in total. The maximum atomic E-state index is 12.9. The van der Waals surface area contributed by atoms with Gasteiger partial charge in [0.15, 0.2) is 6.61 Å². The first kappa shape index (κ1) is 16.1. The van der Waals surface area contributed by atoms with E-state index in [-0.39, 0.29) is 24.6 Å². The highest BCUT2D eigenvalue weighted by atomic mass is 16.5. The molecule has 2 bridgehead atoms. The predicted molar refractivity (Wildman–Crippen MR) is 94.5 cm³/mol. The average molecular weight is 337 g/mol. The molecule has 2 aromatic rings. The van der Waals surface area contributed by atoms with Gasteiger partial charge in [0.2, 0.25) is 0 Å². The molecule has 0 radical (unpaired) electrons. The van der Waals surface area contributed by atoms with Crippen molar-refractivity contribution in [2.45, 2.75) is 52.1 Å². The summed E-state index contributed by atoms with van der Waals surface area (Å²) in [6, 6.07) is 4.52. The highest BCUT2D eigenvalue weighted by Crippen LogP contribution is 2.42. The van der Waals surface area contributed by atoms with Gasteiger partial charge in [-0.15, -0.1) is 0 Å². The Morgan fingerprint density at radius 3 is 2.76 bits per heavy atom. The zero-order valence-electron chi connectivity index (χ0n) is 15.0. The Bertz CT molecular complexity index is 810. The molecule has 1 aromatic heterocycles. The maximum absolute atomic E-state index is 12.9. The monoisotopic (exact) mass is 337 g/mol. The average Bonchev–Trinajstić information content (AvgIpc) is 2.89. The number of amides is 1. The summed E-state index contributed by atoms with van der Waals surface area (Å²) in [5.74, 6) is 0.883. The minimum Gasteiger partial charge on any atom is -0.483 e. The van der Waals surface area contributed by atoms with Crippen LogP contribution in [0.1, 0.15) is 46.8 Å². The first-order chi connectivity index (χ1) is 12.0. The third kappa shape index (κ3) is 2.77. The van der Waals surface area contributed by atoms with E-state index in [4.69, 9.17) is 4.74 Å². The van der Waals surface area contributed by atoms with Gasteiger partial charge in [0, 0.05) is 24.2 Å². The Labute approximate surface area is 148 Å². The van der Waals surface area contributed by atoms with Crippen LogP contribution in [0.2, 0.25) is 0 Å². The highest BCUT2D eigenvalue weighted by molar-refractivity contribution is 5.79. The summed E-state index contributed by atoms with van der Waals surface area (Å²) in [4.78, 5) is 23.4. The molecule has 130 valence electrons. The summed E-state index contributed by atoms with van der Waals surface area (Å²) in [6.07, 6.45) is 6.29. The van der Waals surface area contributed by atoms with Crippen molar-refractivity contribution in [1.29, 1.82) is 0 Å². The second kappa shape index (κ2) is 6.14. The fourth-order valence-electron chi connectivity index (χ4n) is 4.41. The number of benzene rings is 1. The largest absolute Gasteiger partial charge is 0.483 e. The van der Waals surface area contributed by atoms with E-state index in [1.807, 2.05) is 24.9 Å². The van der Waals surface area contributed by atoms with Gasteiger partial charge < -0.3 is 9.64 Å². The van der Waals surface area contributed by atoms with Gasteiger partial charge in [-0.1, -0.05) is 17.7 Å². The van der Waals surface area contributed by atoms with Crippen molar-refractivity contribution >= 4 is 5.91 Å². The van der Waals surface area contributed by atoms with Gasteiger partial charge in [0.05, 0.1) is 11.7 Å². The van der Waals surface area contributed by atoms with E-state index in [0.717, 1.165) is 47.4 Å². The van der Waals surface area contributed by atoms with Gasteiger partial charge in [0.25, 0.3) is 5.91 Å². The summed E-state index contributed by atoms with van der Waals surface area (Å²) < 4.78 is 5.93. The molecule has 0 aliphatic carbocycles. The molecule has 1 fully saturated rings. The number of carbonyl (C=O) groups is 1. The third-order valence-corrected chi connectivity index (χ3v) is 5.35. The quantitative estimate of drug-likeness (QED) is 0.864. The van der Waals surface area contributed by atoms with Crippen LogP contribution in [-0.2, 0) is 11.2 Å². The lowest BCUT2D eigenvalue weighted by molar-refractivity contribution is -0.137. The van der Waals surface area contributed by atoms with Crippen molar-refractivity contribution < 1.29 is 9.53 Å². The van der Waals surface area contributed by atoms with E-state index in [1.165, 1.54) is 5.56 Å². The Kier molecular flexibility index (Phi) is 3.94. The number of hydrogen-bond acceptors (Lipinski definition) is 4. The van der Waals surface area contributed by atoms with Crippen molar-refractivity contribution in [3.8, 4) is 5.75 Å². The highest BCUT2D eigenvalue weighted by Gasteiger charge is 2.43. The third-order valence-electron chi connectivity index (χ3n) is 5.35. The Hall–Kier alpha value is -2.43. The zero-order valence-corrected chi connectivity index (χ0v) is 15.0. The predicted octanol–water partition coefficient (Wildman–Crippen LogP) is 3.07. The minimum absolute atomic E-state index is 0.0568. The lowest BCUT2D eigenvalue weighted by Crippen LogP contribution is -2.44. The number of aryl methyl sites for hydroxylation is 3. The molecule has 3 heterocycles. The fourth-order valence-corrected chi connectivity index (χ4v) is 4.41. The number of rotatable bonds is 3. The normalized spacial score (nSPS) is 21.2. The molecular weight excluding hydrogens is 314 g/mol. The van der Waals surface area contributed by atoms with Gasteiger partial charge in [-0.05, 0) is 44.7 Å². The second-order valence-corrected chi connectivity index (χ2v) is 7.19. The van der Waals surface area contributed by atoms with Crippen LogP contribution in [0.3, 0.4) is 0 Å². The number of fused-ring (bicyclic) bond motifs is 4. The van der Waals surface area contributed by atoms with Crippen LogP contribution in [0, 0.1) is 20.8 Å². The molecule has 2 unspecified atom stereocenters. The van der Waals surface area contributed by atoms with Crippen molar-refractivity contribution in [2.75, 3.05) is 6.61 Å². The molecule has 2 atom stereocenters. The molecule has 5 nitrogen and oxygen atoms in total. The molecule has 0 spiro atoms. The SMILES string of the molecule is Cc1cc(C)c(OCC(=O)N2C3CCC2c2cncnc2C3)c(C)c1. The Morgan fingerprint density at radius 1 is 1.24 bits per heavy atom. The molecular formula is C20H23N3O2. The van der Waals surface area contributed by atoms with E-state index in [0.29, 0.717) is 0 Å². The Balaban J connectivity index is 1.52. The van der Waals surface area contributed by atoms with Crippen LogP contribution in [0.15, 0.2) is 24.7 Å². The van der Waals surface area contributed by atoms with E-state index < -0.39 is 0 Å². The molecule has 1 aromatic carbocycles. The van der Waals surface area contributed by atoms with Gasteiger partial charge >= 0.3 is 0 Å². The zero-order chi connectivity index (χ0) is 17.6. The van der Waals surface area contributed by atoms with Crippen LogP contribution in [0.25, 0.3) is 0 Å². The fraction of sp³-hybridized carbons (Fsp3) is 0.450.